The van der Waals surface area contributed by atoms with Crippen molar-refractivity contribution in [3.8, 4) is 11.3 Å². The number of Topliss-reactive ketones (excluding diaryl/α,β-unsaturated/α-hetero) is 1. The molecule has 4 aromatic rings. The van der Waals surface area contributed by atoms with E-state index < -0.39 is 23.9 Å². The summed E-state index contributed by atoms with van der Waals surface area (Å²) in [6.45, 7) is 1.75. The second-order valence-electron chi connectivity index (χ2n) is 8.12. The third kappa shape index (κ3) is 4.23. The fourth-order valence-corrected chi connectivity index (χ4v) is 4.79. The molecule has 0 aliphatic carbocycles. The number of carbonyl (C=O) groups excluding carboxylic acids is 4. The molecule has 1 aliphatic heterocycles. The number of hydrogen-bond acceptors (Lipinski definition) is 7. The molecule has 5 rings (SSSR count). The third-order valence-electron chi connectivity index (χ3n) is 5.85. The van der Waals surface area contributed by atoms with Crippen LogP contribution < -0.4 is 4.90 Å². The number of imide groups is 1. The highest BCUT2D eigenvalue weighted by Gasteiger charge is 2.39. The van der Waals surface area contributed by atoms with Crippen molar-refractivity contribution >= 4 is 40.0 Å². The predicted molar refractivity (Wildman–Crippen MR) is 135 cm³/mol. The molecule has 0 saturated heterocycles. The van der Waals surface area contributed by atoms with Gasteiger partial charge in [-0.15, -0.1) is 11.3 Å². The number of amides is 2. The predicted octanol–water partition coefficient (Wildman–Crippen LogP) is 5.43. The highest BCUT2D eigenvalue weighted by molar-refractivity contribution is 7.14. The second kappa shape index (κ2) is 9.67. The standard InChI is InChI=1S/C28H20N2O5S/c1-2-23(24(31)18-11-7-4-8-12-18)35-27(34)19-13-14-20-21(15-19)26(33)30(25(20)32)28-29-22(16-36-28)17-9-5-3-6-10-17/h3-16,23H,2H2,1H3/t23-/m0/s1. The molecule has 2 amide bonds. The van der Waals surface area contributed by atoms with E-state index in [1.54, 1.807) is 42.6 Å². The Morgan fingerprint density at radius 2 is 1.56 bits per heavy atom. The number of ether oxygens (including phenoxy) is 1. The number of ketones is 1. The van der Waals surface area contributed by atoms with Crippen LogP contribution in [0.3, 0.4) is 0 Å². The second-order valence-corrected chi connectivity index (χ2v) is 8.96. The van der Waals surface area contributed by atoms with E-state index in [-0.39, 0.29) is 27.6 Å². The number of hydrogen-bond donors (Lipinski definition) is 0. The molecular formula is C28H20N2O5S. The van der Waals surface area contributed by atoms with Crippen molar-refractivity contribution in [2.75, 3.05) is 4.90 Å². The highest BCUT2D eigenvalue weighted by atomic mass is 32.1. The molecule has 0 unspecified atom stereocenters. The van der Waals surface area contributed by atoms with Crippen LogP contribution in [0.1, 0.15) is 54.8 Å². The van der Waals surface area contributed by atoms with Crippen LogP contribution in [-0.4, -0.2) is 34.7 Å². The maximum absolute atomic E-state index is 13.2. The van der Waals surface area contributed by atoms with Gasteiger partial charge >= 0.3 is 5.97 Å². The van der Waals surface area contributed by atoms with Crippen LogP contribution in [-0.2, 0) is 4.74 Å². The molecule has 8 heteroatoms. The molecule has 0 bridgehead atoms. The lowest BCUT2D eigenvalue weighted by Gasteiger charge is -2.15. The smallest absolute Gasteiger partial charge is 0.338 e. The Bertz CT molecular complexity index is 1480. The first-order valence-electron chi connectivity index (χ1n) is 11.3. The SMILES string of the molecule is CC[C@H](OC(=O)c1ccc2c(c1)C(=O)N(c1nc(-c3ccccc3)cs1)C2=O)C(=O)c1ccccc1. The molecule has 2 heterocycles. The van der Waals surface area contributed by atoms with Gasteiger partial charge < -0.3 is 4.74 Å². The lowest BCUT2D eigenvalue weighted by molar-refractivity contribution is 0.0277. The van der Waals surface area contributed by atoms with Crippen molar-refractivity contribution in [3.63, 3.8) is 0 Å². The van der Waals surface area contributed by atoms with Gasteiger partial charge in [-0.05, 0) is 24.6 Å². The Morgan fingerprint density at radius 3 is 2.25 bits per heavy atom. The minimum atomic E-state index is -0.964. The van der Waals surface area contributed by atoms with E-state index in [2.05, 4.69) is 4.98 Å². The fourth-order valence-electron chi connectivity index (χ4n) is 3.96. The molecular weight excluding hydrogens is 476 g/mol. The van der Waals surface area contributed by atoms with Gasteiger partial charge in [0, 0.05) is 16.5 Å². The van der Waals surface area contributed by atoms with Crippen LogP contribution in [0, 0.1) is 0 Å². The Balaban J connectivity index is 1.37. The van der Waals surface area contributed by atoms with Gasteiger partial charge in [0.05, 0.1) is 22.4 Å². The molecule has 0 fully saturated rings. The number of carbonyl (C=O) groups is 4. The van der Waals surface area contributed by atoms with Crippen LogP contribution in [0.2, 0.25) is 0 Å². The molecule has 178 valence electrons. The summed E-state index contributed by atoms with van der Waals surface area (Å²) in [4.78, 5) is 57.3. The largest absolute Gasteiger partial charge is 0.450 e. The number of benzene rings is 3. The number of anilines is 1. The summed E-state index contributed by atoms with van der Waals surface area (Å²) >= 11 is 1.19. The lowest BCUT2D eigenvalue weighted by Crippen LogP contribution is -2.29. The zero-order chi connectivity index (χ0) is 25.2. The number of rotatable bonds is 7. The van der Waals surface area contributed by atoms with Crippen molar-refractivity contribution in [1.29, 1.82) is 0 Å². The van der Waals surface area contributed by atoms with Gasteiger partial charge in [0.2, 0.25) is 5.78 Å². The van der Waals surface area contributed by atoms with Gasteiger partial charge in [-0.25, -0.2) is 14.7 Å². The topological polar surface area (TPSA) is 93.6 Å². The minimum absolute atomic E-state index is 0.0835. The normalized spacial score (nSPS) is 13.4. The summed E-state index contributed by atoms with van der Waals surface area (Å²) in [5, 5.41) is 2.04. The van der Waals surface area contributed by atoms with Crippen LogP contribution in [0.25, 0.3) is 11.3 Å². The summed E-state index contributed by atoms with van der Waals surface area (Å²) < 4.78 is 5.48. The number of fused-ring (bicyclic) bond motifs is 1. The first-order valence-corrected chi connectivity index (χ1v) is 12.2. The Hall–Kier alpha value is -4.43. The van der Waals surface area contributed by atoms with E-state index in [0.29, 0.717) is 17.7 Å². The molecule has 7 nitrogen and oxygen atoms in total. The molecule has 0 radical (unpaired) electrons. The van der Waals surface area contributed by atoms with Crippen LogP contribution in [0.15, 0.2) is 84.2 Å². The summed E-state index contributed by atoms with van der Waals surface area (Å²) in [5.74, 6) is -2.11. The van der Waals surface area contributed by atoms with Crippen molar-refractivity contribution in [2.45, 2.75) is 19.4 Å². The summed E-state index contributed by atoms with van der Waals surface area (Å²) in [6, 6.07) is 22.2. The van der Waals surface area contributed by atoms with E-state index in [4.69, 9.17) is 4.74 Å². The molecule has 0 N–H and O–H groups in total. The molecule has 1 aliphatic rings. The van der Waals surface area contributed by atoms with Gasteiger partial charge in [-0.3, -0.25) is 14.4 Å². The molecule has 1 atom stereocenters. The van der Waals surface area contributed by atoms with E-state index in [0.717, 1.165) is 10.5 Å². The monoisotopic (exact) mass is 496 g/mol. The quantitative estimate of drug-likeness (QED) is 0.192. The van der Waals surface area contributed by atoms with Crippen LogP contribution in [0.5, 0.6) is 0 Å². The molecule has 1 aromatic heterocycles. The average molecular weight is 497 g/mol. The van der Waals surface area contributed by atoms with Crippen LogP contribution >= 0.6 is 11.3 Å². The molecule has 0 saturated carbocycles. The van der Waals surface area contributed by atoms with E-state index in [1.807, 2.05) is 30.3 Å². The van der Waals surface area contributed by atoms with E-state index in [9.17, 15) is 19.2 Å². The summed E-state index contributed by atoms with van der Waals surface area (Å²) in [6.07, 6.45) is -0.669. The van der Waals surface area contributed by atoms with Crippen molar-refractivity contribution < 1.29 is 23.9 Å². The molecule has 0 spiro atoms. The third-order valence-corrected chi connectivity index (χ3v) is 6.67. The van der Waals surface area contributed by atoms with Crippen molar-refractivity contribution in [1.82, 2.24) is 4.98 Å². The zero-order valence-electron chi connectivity index (χ0n) is 19.2. The van der Waals surface area contributed by atoms with Gasteiger partial charge in [0.25, 0.3) is 11.8 Å². The van der Waals surface area contributed by atoms with Crippen LogP contribution in [0.4, 0.5) is 5.13 Å². The Kier molecular flexibility index (Phi) is 6.26. The first-order chi connectivity index (χ1) is 17.5. The Labute approximate surface area is 211 Å². The lowest BCUT2D eigenvalue weighted by atomic mass is 10.0. The Morgan fingerprint density at radius 1 is 0.889 bits per heavy atom. The van der Waals surface area contributed by atoms with Crippen molar-refractivity contribution in [3.05, 3.63) is 106 Å². The summed E-state index contributed by atoms with van der Waals surface area (Å²) in [5.41, 5.74) is 2.33. The highest BCUT2D eigenvalue weighted by Crippen LogP contribution is 2.33. The van der Waals surface area contributed by atoms with E-state index >= 15 is 0 Å². The maximum Gasteiger partial charge on any atom is 0.338 e. The van der Waals surface area contributed by atoms with Crippen molar-refractivity contribution in [2.24, 2.45) is 0 Å². The summed E-state index contributed by atoms with van der Waals surface area (Å²) in [7, 11) is 0. The van der Waals surface area contributed by atoms with Gasteiger partial charge in [0.15, 0.2) is 11.2 Å². The van der Waals surface area contributed by atoms with Gasteiger partial charge in [0.1, 0.15) is 0 Å². The average Bonchev–Trinajstić information content (AvgIpc) is 3.50. The number of esters is 1. The number of thiazole rings is 1. The van der Waals surface area contributed by atoms with E-state index in [1.165, 1.54) is 29.5 Å². The number of nitrogens with zero attached hydrogens (tertiary/aromatic N) is 2. The minimum Gasteiger partial charge on any atom is -0.450 e. The van der Waals surface area contributed by atoms with Gasteiger partial charge in [-0.2, -0.15) is 0 Å². The first kappa shape index (κ1) is 23.3. The fraction of sp³-hybridized carbons (Fsp3) is 0.107. The zero-order valence-corrected chi connectivity index (χ0v) is 20.0. The molecule has 36 heavy (non-hydrogen) atoms. The van der Waals surface area contributed by atoms with Gasteiger partial charge in [-0.1, -0.05) is 67.6 Å². The molecule has 3 aromatic carbocycles. The maximum atomic E-state index is 13.2. The number of aromatic nitrogens is 1.